The molecule has 0 aliphatic rings. The molecule has 2 rings (SSSR count). The van der Waals surface area contributed by atoms with Crippen LogP contribution in [0.15, 0.2) is 42.5 Å². The van der Waals surface area contributed by atoms with Gasteiger partial charge >= 0.3 is 0 Å². The van der Waals surface area contributed by atoms with E-state index in [2.05, 4.69) is 17.2 Å². The Kier molecular flexibility index (Phi) is 4.44. The second-order valence-corrected chi connectivity index (χ2v) is 4.24. The summed E-state index contributed by atoms with van der Waals surface area (Å²) >= 11 is 0. The van der Waals surface area contributed by atoms with Gasteiger partial charge in [0.1, 0.15) is 0 Å². The second kappa shape index (κ2) is 6.46. The van der Waals surface area contributed by atoms with Crippen LogP contribution >= 0.6 is 0 Å². The first-order valence-corrected chi connectivity index (χ1v) is 6.22. The van der Waals surface area contributed by atoms with E-state index in [1.54, 1.807) is 24.3 Å². The van der Waals surface area contributed by atoms with E-state index in [9.17, 15) is 15.0 Å². The molecule has 5 heteroatoms. The Morgan fingerprint density at radius 1 is 1.10 bits per heavy atom. The topological polar surface area (TPSA) is 95.6 Å². The van der Waals surface area contributed by atoms with Gasteiger partial charge in [0.25, 0.3) is 5.91 Å². The molecule has 0 unspecified atom stereocenters. The fraction of sp³-hybridized carbons (Fsp3) is 0.0625. The maximum Gasteiger partial charge on any atom is 0.255 e. The number of aromatic hydroxyl groups is 2. The molecule has 0 saturated carbocycles. The summed E-state index contributed by atoms with van der Waals surface area (Å²) in [4.78, 5) is 12.0. The van der Waals surface area contributed by atoms with Crippen molar-refractivity contribution in [1.29, 1.82) is 0 Å². The summed E-state index contributed by atoms with van der Waals surface area (Å²) in [5.41, 5.74) is 6.95. The largest absolute Gasteiger partial charge is 0.504 e. The Morgan fingerprint density at radius 3 is 2.43 bits per heavy atom. The number of phenolic OH excluding ortho intramolecular Hbond substituents is 2. The number of carbonyl (C=O) groups excluding carboxylic acids is 1. The molecule has 0 saturated heterocycles. The summed E-state index contributed by atoms with van der Waals surface area (Å²) in [7, 11) is 0. The molecule has 0 bridgehead atoms. The number of phenols is 2. The third-order valence-electron chi connectivity index (χ3n) is 2.72. The average molecular weight is 282 g/mol. The molecule has 5 nitrogen and oxygen atoms in total. The molecule has 0 aromatic heterocycles. The minimum Gasteiger partial charge on any atom is -0.504 e. The third kappa shape index (κ3) is 3.75. The monoisotopic (exact) mass is 282 g/mol. The van der Waals surface area contributed by atoms with Gasteiger partial charge in [-0.15, -0.1) is 0 Å². The van der Waals surface area contributed by atoms with Crippen LogP contribution in [0, 0.1) is 11.8 Å². The predicted octanol–water partition coefficient (Wildman–Crippen LogP) is 1.66. The molecule has 0 atom stereocenters. The number of nitrogens with one attached hydrogen (secondary N) is 1. The van der Waals surface area contributed by atoms with Gasteiger partial charge in [-0.05, 0) is 42.5 Å². The fourth-order valence-corrected chi connectivity index (χ4v) is 1.66. The van der Waals surface area contributed by atoms with E-state index in [4.69, 9.17) is 5.73 Å². The summed E-state index contributed by atoms with van der Waals surface area (Å²) in [6, 6.07) is 10.9. The highest BCUT2D eigenvalue weighted by atomic mass is 16.3. The summed E-state index contributed by atoms with van der Waals surface area (Å²) in [6.07, 6.45) is 0. The van der Waals surface area contributed by atoms with Crippen molar-refractivity contribution in [2.24, 2.45) is 5.73 Å². The van der Waals surface area contributed by atoms with E-state index in [1.165, 1.54) is 18.2 Å². The minimum atomic E-state index is -0.383. The molecule has 2 aromatic rings. The van der Waals surface area contributed by atoms with Crippen LogP contribution in [-0.2, 0) is 0 Å². The third-order valence-corrected chi connectivity index (χ3v) is 2.72. The van der Waals surface area contributed by atoms with Crippen molar-refractivity contribution in [1.82, 2.24) is 0 Å². The average Bonchev–Trinajstić information content (AvgIpc) is 2.49. The molecular formula is C16H14N2O3. The van der Waals surface area contributed by atoms with Crippen molar-refractivity contribution in [2.45, 2.75) is 0 Å². The highest BCUT2D eigenvalue weighted by molar-refractivity contribution is 6.04. The van der Waals surface area contributed by atoms with E-state index in [0.29, 0.717) is 12.2 Å². The number of amides is 1. The molecule has 0 spiro atoms. The normalized spacial score (nSPS) is 9.57. The maximum absolute atomic E-state index is 12.0. The Hall–Kier alpha value is -2.97. The minimum absolute atomic E-state index is 0.247. The Morgan fingerprint density at radius 2 is 1.81 bits per heavy atom. The van der Waals surface area contributed by atoms with Gasteiger partial charge in [-0.2, -0.15) is 0 Å². The first kappa shape index (κ1) is 14.4. The lowest BCUT2D eigenvalue weighted by Crippen LogP contribution is -2.11. The second-order valence-electron chi connectivity index (χ2n) is 4.24. The van der Waals surface area contributed by atoms with Gasteiger partial charge in [-0.1, -0.05) is 11.8 Å². The van der Waals surface area contributed by atoms with Crippen LogP contribution in [0.5, 0.6) is 11.5 Å². The Bertz CT molecular complexity index is 713. The van der Waals surface area contributed by atoms with Crippen molar-refractivity contribution in [3.8, 4) is 23.3 Å². The zero-order chi connectivity index (χ0) is 15.2. The van der Waals surface area contributed by atoms with Crippen LogP contribution in [-0.4, -0.2) is 22.7 Å². The summed E-state index contributed by atoms with van der Waals surface area (Å²) < 4.78 is 0. The molecule has 0 fully saturated rings. The van der Waals surface area contributed by atoms with Crippen molar-refractivity contribution >= 4 is 11.6 Å². The Balaban J connectivity index is 2.10. The summed E-state index contributed by atoms with van der Waals surface area (Å²) in [6.45, 7) is 0.294. The van der Waals surface area contributed by atoms with Gasteiger partial charge in [0, 0.05) is 16.8 Å². The van der Waals surface area contributed by atoms with Gasteiger partial charge in [0.05, 0.1) is 6.54 Å². The number of benzene rings is 2. The maximum atomic E-state index is 12.0. The lowest BCUT2D eigenvalue weighted by atomic mass is 10.1. The SMILES string of the molecule is NCC#Cc1ccc(NC(=O)c2ccc(O)c(O)c2)cc1. The standard InChI is InChI=1S/C16H14N2O3/c17-9-1-2-11-3-6-13(7-4-11)18-16(21)12-5-8-14(19)15(20)10-12/h3-8,10,19-20H,9,17H2,(H,18,21). The van der Waals surface area contributed by atoms with E-state index < -0.39 is 0 Å². The van der Waals surface area contributed by atoms with Crippen LogP contribution in [0.1, 0.15) is 15.9 Å². The smallest absolute Gasteiger partial charge is 0.255 e. The molecule has 0 aliphatic heterocycles. The van der Waals surface area contributed by atoms with Crippen LogP contribution in [0.4, 0.5) is 5.69 Å². The number of anilines is 1. The first-order chi connectivity index (χ1) is 10.1. The van der Waals surface area contributed by atoms with Crippen LogP contribution < -0.4 is 11.1 Å². The molecule has 0 heterocycles. The quantitative estimate of drug-likeness (QED) is 0.497. The highest BCUT2D eigenvalue weighted by Crippen LogP contribution is 2.25. The molecule has 0 radical (unpaired) electrons. The van der Waals surface area contributed by atoms with Crippen molar-refractivity contribution in [2.75, 3.05) is 11.9 Å². The number of nitrogens with two attached hydrogens (primary N) is 1. The van der Waals surface area contributed by atoms with Crippen molar-refractivity contribution in [3.05, 3.63) is 53.6 Å². The fourth-order valence-electron chi connectivity index (χ4n) is 1.66. The molecule has 0 aliphatic carbocycles. The molecule has 21 heavy (non-hydrogen) atoms. The summed E-state index contributed by atoms with van der Waals surface area (Å²) in [5, 5.41) is 21.3. The molecule has 1 amide bonds. The zero-order valence-corrected chi connectivity index (χ0v) is 11.1. The predicted molar refractivity (Wildman–Crippen MR) is 80.1 cm³/mol. The van der Waals surface area contributed by atoms with Crippen LogP contribution in [0.25, 0.3) is 0 Å². The molecule has 5 N–H and O–H groups in total. The van der Waals surface area contributed by atoms with Gasteiger partial charge in [0.15, 0.2) is 11.5 Å². The van der Waals surface area contributed by atoms with Gasteiger partial charge in [-0.25, -0.2) is 0 Å². The van der Waals surface area contributed by atoms with E-state index in [-0.39, 0.29) is 23.0 Å². The molecule has 2 aromatic carbocycles. The van der Waals surface area contributed by atoms with Crippen LogP contribution in [0.3, 0.4) is 0 Å². The Labute approximate surface area is 122 Å². The zero-order valence-electron chi connectivity index (χ0n) is 11.1. The lowest BCUT2D eigenvalue weighted by Gasteiger charge is -2.06. The highest BCUT2D eigenvalue weighted by Gasteiger charge is 2.09. The van der Waals surface area contributed by atoms with Crippen molar-refractivity contribution < 1.29 is 15.0 Å². The van der Waals surface area contributed by atoms with E-state index in [1.807, 2.05) is 0 Å². The number of hydrogen-bond acceptors (Lipinski definition) is 4. The number of carbonyl (C=O) groups is 1. The van der Waals surface area contributed by atoms with E-state index in [0.717, 1.165) is 5.56 Å². The van der Waals surface area contributed by atoms with Gasteiger partial charge in [0.2, 0.25) is 0 Å². The van der Waals surface area contributed by atoms with Gasteiger partial charge in [-0.3, -0.25) is 4.79 Å². The molecular weight excluding hydrogens is 268 g/mol. The number of hydrogen-bond donors (Lipinski definition) is 4. The molecule has 106 valence electrons. The van der Waals surface area contributed by atoms with Gasteiger partial charge < -0.3 is 21.3 Å². The lowest BCUT2D eigenvalue weighted by molar-refractivity contribution is 0.102. The summed E-state index contributed by atoms with van der Waals surface area (Å²) in [5.74, 6) is 4.63. The van der Waals surface area contributed by atoms with Crippen molar-refractivity contribution in [3.63, 3.8) is 0 Å². The van der Waals surface area contributed by atoms with Crippen LogP contribution in [0.2, 0.25) is 0 Å². The number of rotatable bonds is 2. The van der Waals surface area contributed by atoms with E-state index >= 15 is 0 Å². The first-order valence-electron chi connectivity index (χ1n) is 6.22.